The molecule has 0 bridgehead atoms. The van der Waals surface area contributed by atoms with E-state index in [1.807, 2.05) is 30.3 Å². The largest absolute Gasteiger partial charge is 0.497 e. The molecule has 2 rings (SSSR count). The van der Waals surface area contributed by atoms with E-state index in [0.717, 1.165) is 12.2 Å². The molecule has 1 atom stereocenters. The number of nitriles is 1. The van der Waals surface area contributed by atoms with Gasteiger partial charge in [0.2, 0.25) is 0 Å². The van der Waals surface area contributed by atoms with Crippen molar-refractivity contribution in [1.29, 1.82) is 5.26 Å². The Hall–Kier alpha value is -2.87. The van der Waals surface area contributed by atoms with Crippen LogP contribution in [-0.2, 0) is 6.42 Å². The highest BCUT2D eigenvalue weighted by atomic mass is 16.5. The molecule has 0 radical (unpaired) electrons. The first-order chi connectivity index (χ1) is 11.5. The number of methoxy groups -OCH3 is 1. The van der Waals surface area contributed by atoms with E-state index in [9.17, 15) is 4.79 Å². The number of nitrogens with zero attached hydrogens (tertiary/aromatic N) is 3. The van der Waals surface area contributed by atoms with Crippen molar-refractivity contribution in [3.63, 3.8) is 0 Å². The lowest BCUT2D eigenvalue weighted by Crippen LogP contribution is -2.32. The summed E-state index contributed by atoms with van der Waals surface area (Å²) in [4.78, 5) is 18.1. The fraction of sp³-hybridized carbons (Fsp3) is 0.316. The summed E-state index contributed by atoms with van der Waals surface area (Å²) < 4.78 is 5.16. The van der Waals surface area contributed by atoms with E-state index < -0.39 is 0 Å². The summed E-state index contributed by atoms with van der Waals surface area (Å²) in [7, 11) is 3.42. The van der Waals surface area contributed by atoms with Gasteiger partial charge in [0, 0.05) is 19.8 Å². The molecule has 1 amide bonds. The van der Waals surface area contributed by atoms with Crippen LogP contribution in [0.2, 0.25) is 0 Å². The molecule has 1 aromatic heterocycles. The molecule has 0 N–H and O–H groups in total. The van der Waals surface area contributed by atoms with Gasteiger partial charge in [0.25, 0.3) is 5.91 Å². The summed E-state index contributed by atoms with van der Waals surface area (Å²) in [6.45, 7) is 2.74. The van der Waals surface area contributed by atoms with Gasteiger partial charge in [0.1, 0.15) is 17.5 Å². The van der Waals surface area contributed by atoms with Crippen molar-refractivity contribution in [2.45, 2.75) is 13.3 Å². The number of rotatable bonds is 6. The Labute approximate surface area is 142 Å². The van der Waals surface area contributed by atoms with Crippen LogP contribution in [0.4, 0.5) is 0 Å². The van der Waals surface area contributed by atoms with E-state index in [-0.39, 0.29) is 5.91 Å². The van der Waals surface area contributed by atoms with Gasteiger partial charge in [0.15, 0.2) is 0 Å². The van der Waals surface area contributed by atoms with Gasteiger partial charge < -0.3 is 9.64 Å². The molecule has 5 nitrogen and oxygen atoms in total. The molecule has 0 saturated heterocycles. The maximum Gasteiger partial charge on any atom is 0.272 e. The maximum atomic E-state index is 12.4. The minimum Gasteiger partial charge on any atom is -0.497 e. The van der Waals surface area contributed by atoms with Crippen molar-refractivity contribution in [3.8, 4) is 11.8 Å². The second-order valence-electron chi connectivity index (χ2n) is 5.89. The van der Waals surface area contributed by atoms with Gasteiger partial charge >= 0.3 is 0 Å². The van der Waals surface area contributed by atoms with Crippen LogP contribution in [0.5, 0.6) is 5.75 Å². The Morgan fingerprint density at radius 2 is 2.00 bits per heavy atom. The molecule has 1 aromatic carbocycles. The fourth-order valence-corrected chi connectivity index (χ4v) is 2.56. The van der Waals surface area contributed by atoms with Crippen LogP contribution in [-0.4, -0.2) is 36.5 Å². The maximum absolute atomic E-state index is 12.4. The van der Waals surface area contributed by atoms with Gasteiger partial charge in [-0.05, 0) is 42.2 Å². The number of carbonyl (C=O) groups is 1. The zero-order valence-corrected chi connectivity index (χ0v) is 14.2. The molecule has 1 heterocycles. The molecule has 0 aliphatic rings. The highest BCUT2D eigenvalue weighted by molar-refractivity contribution is 5.92. The molecular weight excluding hydrogens is 302 g/mol. The molecule has 0 aliphatic heterocycles. The van der Waals surface area contributed by atoms with Crippen LogP contribution in [0.3, 0.4) is 0 Å². The summed E-state index contributed by atoms with van der Waals surface area (Å²) in [5, 5.41) is 8.78. The Bertz CT molecular complexity index is 718. The first-order valence-corrected chi connectivity index (χ1v) is 7.78. The zero-order chi connectivity index (χ0) is 17.5. The third-order valence-corrected chi connectivity index (χ3v) is 3.79. The Morgan fingerprint density at radius 3 is 2.54 bits per heavy atom. The highest BCUT2D eigenvalue weighted by Gasteiger charge is 2.16. The van der Waals surface area contributed by atoms with Crippen LogP contribution in [0.1, 0.15) is 28.5 Å². The molecule has 124 valence electrons. The quantitative estimate of drug-likeness (QED) is 0.820. The van der Waals surface area contributed by atoms with Gasteiger partial charge in [-0.2, -0.15) is 5.26 Å². The van der Waals surface area contributed by atoms with Crippen molar-refractivity contribution in [3.05, 3.63) is 59.4 Å². The Morgan fingerprint density at radius 1 is 1.29 bits per heavy atom. The summed E-state index contributed by atoms with van der Waals surface area (Å²) >= 11 is 0. The van der Waals surface area contributed by atoms with Crippen LogP contribution < -0.4 is 4.74 Å². The lowest BCUT2D eigenvalue weighted by Gasteiger charge is -2.21. The van der Waals surface area contributed by atoms with Gasteiger partial charge in [-0.1, -0.05) is 19.1 Å². The van der Waals surface area contributed by atoms with E-state index in [1.54, 1.807) is 31.2 Å². The summed E-state index contributed by atoms with van der Waals surface area (Å²) in [5.74, 6) is 1.01. The van der Waals surface area contributed by atoms with Gasteiger partial charge in [0.05, 0.1) is 12.7 Å². The number of hydrogen-bond donors (Lipinski definition) is 0. The van der Waals surface area contributed by atoms with E-state index in [4.69, 9.17) is 10.00 Å². The van der Waals surface area contributed by atoms with E-state index in [0.29, 0.717) is 23.7 Å². The molecule has 0 saturated carbocycles. The smallest absolute Gasteiger partial charge is 0.272 e. The second-order valence-corrected chi connectivity index (χ2v) is 5.89. The SMILES string of the molecule is COc1ccc(CC(C)CN(C)C(=O)c2ccc(C#N)cn2)cc1. The second kappa shape index (κ2) is 8.11. The number of amides is 1. The predicted octanol–water partition coefficient (Wildman–Crippen LogP) is 2.91. The van der Waals surface area contributed by atoms with Crippen LogP contribution in [0.15, 0.2) is 42.6 Å². The fourth-order valence-electron chi connectivity index (χ4n) is 2.56. The van der Waals surface area contributed by atoms with Crippen molar-refractivity contribution in [1.82, 2.24) is 9.88 Å². The van der Waals surface area contributed by atoms with Crippen LogP contribution in [0.25, 0.3) is 0 Å². The van der Waals surface area contributed by atoms with Crippen molar-refractivity contribution in [2.24, 2.45) is 5.92 Å². The number of ether oxygens (including phenoxy) is 1. The summed E-state index contributed by atoms with van der Waals surface area (Å²) in [6.07, 6.45) is 2.30. The van der Waals surface area contributed by atoms with Crippen molar-refractivity contribution < 1.29 is 9.53 Å². The average molecular weight is 323 g/mol. The summed E-state index contributed by atoms with van der Waals surface area (Å²) in [5.41, 5.74) is 2.01. The van der Waals surface area contributed by atoms with Gasteiger partial charge in [-0.3, -0.25) is 4.79 Å². The van der Waals surface area contributed by atoms with Crippen molar-refractivity contribution >= 4 is 5.91 Å². The molecule has 0 spiro atoms. The third-order valence-electron chi connectivity index (χ3n) is 3.79. The number of hydrogen-bond acceptors (Lipinski definition) is 4. The number of aromatic nitrogens is 1. The number of carbonyl (C=O) groups excluding carboxylic acids is 1. The monoisotopic (exact) mass is 323 g/mol. The topological polar surface area (TPSA) is 66.2 Å². The number of benzene rings is 1. The normalized spacial score (nSPS) is 11.4. The molecular formula is C19H21N3O2. The highest BCUT2D eigenvalue weighted by Crippen LogP contribution is 2.15. The van der Waals surface area contributed by atoms with E-state index >= 15 is 0 Å². The molecule has 2 aromatic rings. The third kappa shape index (κ3) is 4.56. The van der Waals surface area contributed by atoms with E-state index in [1.165, 1.54) is 11.8 Å². The first kappa shape index (κ1) is 17.5. The predicted molar refractivity (Wildman–Crippen MR) is 91.8 cm³/mol. The minimum atomic E-state index is -0.138. The zero-order valence-electron chi connectivity index (χ0n) is 14.2. The summed E-state index contributed by atoms with van der Waals surface area (Å²) in [6, 6.07) is 13.2. The molecule has 5 heteroatoms. The van der Waals surface area contributed by atoms with Gasteiger partial charge in [-0.15, -0.1) is 0 Å². The number of pyridine rings is 1. The average Bonchev–Trinajstić information content (AvgIpc) is 2.61. The molecule has 0 fully saturated rings. The Kier molecular flexibility index (Phi) is 5.91. The van der Waals surface area contributed by atoms with Crippen LogP contribution >= 0.6 is 0 Å². The van der Waals surface area contributed by atoms with E-state index in [2.05, 4.69) is 11.9 Å². The molecule has 24 heavy (non-hydrogen) atoms. The lowest BCUT2D eigenvalue weighted by molar-refractivity contribution is 0.0770. The lowest BCUT2D eigenvalue weighted by atomic mass is 10.0. The Balaban J connectivity index is 1.93. The van der Waals surface area contributed by atoms with Gasteiger partial charge in [-0.25, -0.2) is 4.98 Å². The standard InChI is InChI=1S/C19H21N3O2/c1-14(10-15-4-7-17(24-3)8-5-15)13-22(2)19(23)18-9-6-16(11-20)12-21-18/h4-9,12,14H,10,13H2,1-3H3. The molecule has 0 aliphatic carbocycles. The van der Waals surface area contributed by atoms with Crippen molar-refractivity contribution in [2.75, 3.05) is 20.7 Å². The van der Waals surface area contributed by atoms with Crippen LogP contribution in [0, 0.1) is 17.2 Å². The first-order valence-electron chi connectivity index (χ1n) is 7.78. The minimum absolute atomic E-state index is 0.138. The molecule has 1 unspecified atom stereocenters.